The molecule has 0 N–H and O–H groups in total. The number of anilines is 1. The first-order valence-electron chi connectivity index (χ1n) is 7.85. The first-order chi connectivity index (χ1) is 9.83. The lowest BCUT2D eigenvalue weighted by atomic mass is 9.61. The van der Waals surface area contributed by atoms with Gasteiger partial charge in [-0.05, 0) is 42.7 Å². The van der Waals surface area contributed by atoms with Gasteiger partial charge >= 0.3 is 0 Å². The molecular formula is C18H21NO. The fourth-order valence-electron chi connectivity index (χ4n) is 4.82. The Hall–Kier alpha value is -1.57. The highest BCUT2D eigenvalue weighted by molar-refractivity contribution is 5.97. The number of amides is 1. The topological polar surface area (TPSA) is 20.3 Å². The van der Waals surface area contributed by atoms with Gasteiger partial charge in [0.05, 0.1) is 0 Å². The molecule has 3 aliphatic rings. The number of benzene rings is 1. The van der Waals surface area contributed by atoms with E-state index < -0.39 is 0 Å². The van der Waals surface area contributed by atoms with Gasteiger partial charge in [-0.25, -0.2) is 0 Å². The van der Waals surface area contributed by atoms with Gasteiger partial charge in [0.2, 0.25) is 5.91 Å². The number of fused-ring (bicyclic) bond motifs is 6. The summed E-state index contributed by atoms with van der Waals surface area (Å²) < 4.78 is 0. The fraction of sp³-hybridized carbons (Fsp3) is 0.500. The van der Waals surface area contributed by atoms with E-state index in [1.54, 1.807) is 0 Å². The van der Waals surface area contributed by atoms with Crippen molar-refractivity contribution in [2.75, 3.05) is 4.90 Å². The summed E-state index contributed by atoms with van der Waals surface area (Å²) in [5, 5.41) is 0. The Balaban J connectivity index is 1.70. The number of allylic oxidation sites excluding steroid dienone is 1. The van der Waals surface area contributed by atoms with E-state index in [9.17, 15) is 4.79 Å². The predicted octanol–water partition coefficient (Wildman–Crippen LogP) is 3.88. The monoisotopic (exact) mass is 267 g/mol. The number of hydrogen-bond donors (Lipinski definition) is 0. The first kappa shape index (κ1) is 12.2. The molecule has 20 heavy (non-hydrogen) atoms. The lowest BCUT2D eigenvalue weighted by Gasteiger charge is -2.48. The number of carbonyl (C=O) groups is 1. The molecule has 4 atom stereocenters. The smallest absolute Gasteiger partial charge is 0.227 e. The fourth-order valence-corrected chi connectivity index (χ4v) is 4.82. The summed E-state index contributed by atoms with van der Waals surface area (Å²) in [6.45, 7) is 3.73. The molecule has 2 saturated carbocycles. The summed E-state index contributed by atoms with van der Waals surface area (Å²) in [5.41, 5.74) is 2.61. The Morgan fingerprint density at radius 3 is 2.95 bits per heavy atom. The maximum absolute atomic E-state index is 12.6. The second-order valence-corrected chi connectivity index (χ2v) is 6.42. The van der Waals surface area contributed by atoms with Gasteiger partial charge < -0.3 is 4.90 Å². The average molecular weight is 267 g/mol. The molecule has 2 nitrogen and oxygen atoms in total. The highest BCUT2D eigenvalue weighted by Crippen LogP contribution is 2.63. The Morgan fingerprint density at radius 1 is 1.30 bits per heavy atom. The van der Waals surface area contributed by atoms with E-state index in [0.29, 0.717) is 18.4 Å². The molecule has 4 unspecified atom stereocenters. The molecule has 1 amide bonds. The molecule has 2 aliphatic carbocycles. The van der Waals surface area contributed by atoms with E-state index in [2.05, 4.69) is 35.7 Å². The number of nitrogens with zero attached hydrogens (tertiary/aromatic N) is 1. The highest BCUT2D eigenvalue weighted by atomic mass is 16.2. The molecule has 104 valence electrons. The van der Waals surface area contributed by atoms with Gasteiger partial charge in [0, 0.05) is 24.1 Å². The third kappa shape index (κ3) is 1.48. The third-order valence-electron chi connectivity index (χ3n) is 5.58. The van der Waals surface area contributed by atoms with Crippen LogP contribution in [0.2, 0.25) is 0 Å². The van der Waals surface area contributed by atoms with Crippen molar-refractivity contribution in [3.63, 3.8) is 0 Å². The Labute approximate surface area is 120 Å². The Kier molecular flexibility index (Phi) is 2.73. The number of carbonyl (C=O) groups excluding carboxylic acids is 1. The van der Waals surface area contributed by atoms with Gasteiger partial charge in [-0.2, -0.15) is 0 Å². The maximum atomic E-state index is 12.6. The lowest BCUT2D eigenvalue weighted by Crippen LogP contribution is -2.54. The molecule has 4 rings (SSSR count). The maximum Gasteiger partial charge on any atom is 0.227 e. The van der Waals surface area contributed by atoms with E-state index in [-0.39, 0.29) is 5.91 Å². The van der Waals surface area contributed by atoms with Crippen molar-refractivity contribution in [2.45, 2.75) is 44.1 Å². The summed E-state index contributed by atoms with van der Waals surface area (Å²) in [4.78, 5) is 14.8. The van der Waals surface area contributed by atoms with Gasteiger partial charge in [-0.3, -0.25) is 4.79 Å². The largest absolute Gasteiger partial charge is 0.308 e. The van der Waals surface area contributed by atoms with Gasteiger partial charge in [0.25, 0.3) is 0 Å². The zero-order valence-corrected chi connectivity index (χ0v) is 11.8. The van der Waals surface area contributed by atoms with Crippen molar-refractivity contribution in [2.24, 2.45) is 11.8 Å². The number of rotatable bonds is 3. The number of hydrogen-bond acceptors (Lipinski definition) is 1. The van der Waals surface area contributed by atoms with Crippen molar-refractivity contribution in [3.8, 4) is 0 Å². The van der Waals surface area contributed by atoms with E-state index in [0.717, 1.165) is 18.3 Å². The minimum atomic E-state index is 0.287. The van der Waals surface area contributed by atoms with Crippen LogP contribution in [0.5, 0.6) is 0 Å². The van der Waals surface area contributed by atoms with E-state index in [4.69, 9.17) is 0 Å². The van der Waals surface area contributed by atoms with Crippen molar-refractivity contribution >= 4 is 11.6 Å². The molecule has 0 spiro atoms. The second-order valence-electron chi connectivity index (χ2n) is 6.42. The van der Waals surface area contributed by atoms with Gasteiger partial charge in [-0.1, -0.05) is 30.7 Å². The van der Waals surface area contributed by atoms with Gasteiger partial charge in [0.15, 0.2) is 0 Å². The highest BCUT2D eigenvalue weighted by Gasteiger charge is 2.60. The van der Waals surface area contributed by atoms with Crippen molar-refractivity contribution in [1.82, 2.24) is 0 Å². The predicted molar refractivity (Wildman–Crippen MR) is 80.7 cm³/mol. The minimum Gasteiger partial charge on any atom is -0.308 e. The summed E-state index contributed by atoms with van der Waals surface area (Å²) in [5.74, 6) is 2.49. The van der Waals surface area contributed by atoms with Crippen LogP contribution in [0.25, 0.3) is 0 Å². The molecule has 2 fully saturated rings. The molecule has 0 aromatic heterocycles. The Bertz CT molecular complexity index is 564. The zero-order valence-electron chi connectivity index (χ0n) is 11.8. The number of para-hydroxylation sites is 1. The van der Waals surface area contributed by atoms with Crippen LogP contribution < -0.4 is 4.90 Å². The third-order valence-corrected chi connectivity index (χ3v) is 5.58. The summed E-state index contributed by atoms with van der Waals surface area (Å²) in [7, 11) is 0. The molecule has 1 aromatic carbocycles. The molecular weight excluding hydrogens is 246 g/mol. The molecule has 1 heterocycles. The molecule has 0 radical (unpaired) electrons. The normalized spacial score (nSPS) is 33.1. The second kappa shape index (κ2) is 4.47. The molecule has 2 heteroatoms. The van der Waals surface area contributed by atoms with Gasteiger partial charge in [-0.15, -0.1) is 6.58 Å². The summed E-state index contributed by atoms with van der Waals surface area (Å²) in [6, 6.07) is 9.01. The molecule has 0 saturated heterocycles. The summed E-state index contributed by atoms with van der Waals surface area (Å²) in [6.07, 6.45) is 7.23. The zero-order chi connectivity index (χ0) is 13.7. The van der Waals surface area contributed by atoms with Crippen molar-refractivity contribution < 1.29 is 4.79 Å². The van der Waals surface area contributed by atoms with E-state index in [1.165, 1.54) is 30.5 Å². The van der Waals surface area contributed by atoms with Crippen molar-refractivity contribution in [3.05, 3.63) is 42.5 Å². The summed E-state index contributed by atoms with van der Waals surface area (Å²) >= 11 is 0. The molecule has 1 aromatic rings. The van der Waals surface area contributed by atoms with Crippen LogP contribution in [0.3, 0.4) is 0 Å². The van der Waals surface area contributed by atoms with Crippen LogP contribution >= 0.6 is 0 Å². The standard InChI is InChI=1S/C18H21NO/c1-2-3-11-16(20)19-15-10-5-4-7-14(15)17-12-8-6-9-13(12)18(17)19/h2,4-5,7,10,12-13,17-18H,1,3,6,8-9,11H2. The average Bonchev–Trinajstić information content (AvgIpc) is 2.98. The van der Waals surface area contributed by atoms with E-state index >= 15 is 0 Å². The van der Waals surface area contributed by atoms with Crippen LogP contribution in [0, 0.1) is 11.8 Å². The Morgan fingerprint density at radius 2 is 2.10 bits per heavy atom. The van der Waals surface area contributed by atoms with Crippen LogP contribution in [-0.4, -0.2) is 11.9 Å². The van der Waals surface area contributed by atoms with Gasteiger partial charge in [0.1, 0.15) is 0 Å². The van der Waals surface area contributed by atoms with Crippen LogP contribution in [0.4, 0.5) is 5.69 Å². The quantitative estimate of drug-likeness (QED) is 0.761. The van der Waals surface area contributed by atoms with Crippen LogP contribution in [-0.2, 0) is 4.79 Å². The first-order valence-corrected chi connectivity index (χ1v) is 7.85. The molecule has 0 bridgehead atoms. The van der Waals surface area contributed by atoms with Crippen LogP contribution in [0.15, 0.2) is 36.9 Å². The minimum absolute atomic E-state index is 0.287. The van der Waals surface area contributed by atoms with Crippen molar-refractivity contribution in [1.29, 1.82) is 0 Å². The SMILES string of the molecule is C=CCCC(=O)N1c2ccccc2C2C3CCCC3C21. The molecule has 1 aliphatic heterocycles. The van der Waals surface area contributed by atoms with Crippen LogP contribution in [0.1, 0.15) is 43.6 Å². The van der Waals surface area contributed by atoms with E-state index in [1.807, 2.05) is 6.08 Å². The lowest BCUT2D eigenvalue weighted by molar-refractivity contribution is -0.120.